The van der Waals surface area contributed by atoms with E-state index in [2.05, 4.69) is 57.7 Å². The first-order chi connectivity index (χ1) is 32.8. The Bertz CT molecular complexity index is 2070. The summed E-state index contributed by atoms with van der Waals surface area (Å²) in [4.78, 5) is 48.6. The largest absolute Gasteiger partial charge is 0.493 e. The number of nitrogens with one attached hydrogen (secondary N) is 4. The van der Waals surface area contributed by atoms with E-state index in [0.717, 1.165) is 33.0 Å². The van der Waals surface area contributed by atoms with Crippen LogP contribution in [-0.4, -0.2) is 99.4 Å². The molecule has 16 heteroatoms. The van der Waals surface area contributed by atoms with Gasteiger partial charge in [-0.1, -0.05) is 24.3 Å². The minimum absolute atomic E-state index is 0.333. The molecule has 4 N–H and O–H groups in total. The van der Waals surface area contributed by atoms with E-state index in [-0.39, 0.29) is 0 Å². The van der Waals surface area contributed by atoms with Gasteiger partial charge >= 0.3 is 24.4 Å². The van der Waals surface area contributed by atoms with Crippen molar-refractivity contribution >= 4 is 35.1 Å². The van der Waals surface area contributed by atoms with E-state index < -0.39 is 46.8 Å². The number of hydrogen-bond donors (Lipinski definition) is 4. The third-order valence-electron chi connectivity index (χ3n) is 9.30. The Labute approximate surface area is 414 Å². The Morgan fingerprint density at radius 3 is 0.843 bits per heavy atom. The van der Waals surface area contributed by atoms with Gasteiger partial charge in [-0.3, -0.25) is 0 Å². The van der Waals surface area contributed by atoms with Gasteiger partial charge in [0.15, 0.2) is 0 Å². The van der Waals surface area contributed by atoms with Gasteiger partial charge in [-0.05, 0) is 178 Å². The summed E-state index contributed by atoms with van der Waals surface area (Å²) < 4.78 is 46.2. The summed E-state index contributed by atoms with van der Waals surface area (Å²) in [6.07, 6.45) is 0.253. The van der Waals surface area contributed by atoms with Gasteiger partial charge in [-0.2, -0.15) is 0 Å². The Balaban J connectivity index is 1.55. The Hall–Kier alpha value is -6.58. The molecule has 0 aromatic heterocycles. The summed E-state index contributed by atoms with van der Waals surface area (Å²) >= 11 is 0. The maximum atomic E-state index is 12.2. The van der Waals surface area contributed by atoms with Gasteiger partial charge in [-0.25, -0.2) is 19.2 Å². The molecule has 0 saturated heterocycles. The van der Waals surface area contributed by atoms with Crippen LogP contribution >= 0.6 is 0 Å². The highest BCUT2D eigenvalue weighted by Crippen LogP contribution is 2.35. The molecule has 0 aliphatic rings. The summed E-state index contributed by atoms with van der Waals surface area (Å²) in [5.74, 6) is 2.37. The van der Waals surface area contributed by atoms with E-state index in [9.17, 15) is 19.2 Å². The number of hydrogen-bond acceptors (Lipinski definition) is 12. The number of amides is 4. The minimum atomic E-state index is -0.594. The summed E-state index contributed by atoms with van der Waals surface area (Å²) in [6, 6.07) is 24.0. The average Bonchev–Trinajstić information content (AvgIpc) is 3.23. The lowest BCUT2D eigenvalue weighted by Gasteiger charge is -2.19. The lowest BCUT2D eigenvalue weighted by molar-refractivity contribution is 0.0513. The van der Waals surface area contributed by atoms with Crippen LogP contribution < -0.4 is 40.2 Å². The van der Waals surface area contributed by atoms with Crippen LogP contribution in [0.25, 0.3) is 33.0 Å². The fraction of sp³-hybridized carbons (Fsp3) is 0.519. The van der Waals surface area contributed by atoms with Crippen molar-refractivity contribution in [1.29, 1.82) is 0 Å². The highest BCUT2D eigenvalue weighted by molar-refractivity contribution is 5.91. The van der Waals surface area contributed by atoms with Gasteiger partial charge < -0.3 is 59.2 Å². The molecule has 0 spiro atoms. The molecule has 0 heterocycles. The quantitative estimate of drug-likeness (QED) is 0.0431. The zero-order valence-electron chi connectivity index (χ0n) is 43.3. The molecule has 4 aromatic carbocycles. The number of alkyl carbamates (subject to hydrolysis) is 4. The average molecular weight is 973 g/mol. The molecule has 4 aromatic rings. The first-order valence-corrected chi connectivity index (χ1v) is 24.0. The summed E-state index contributed by atoms with van der Waals surface area (Å²) in [6.45, 7) is 24.6. The monoisotopic (exact) mass is 973 g/mol. The van der Waals surface area contributed by atoms with E-state index in [1.54, 1.807) is 0 Å². The van der Waals surface area contributed by atoms with E-state index in [4.69, 9.17) is 37.9 Å². The lowest BCUT2D eigenvalue weighted by Crippen LogP contribution is -2.33. The van der Waals surface area contributed by atoms with Crippen LogP contribution in [0.2, 0.25) is 0 Å². The molecule has 70 heavy (non-hydrogen) atoms. The molecule has 4 rings (SSSR count). The molecule has 0 unspecified atom stereocenters. The van der Waals surface area contributed by atoms with Crippen LogP contribution in [0.3, 0.4) is 0 Å². The lowest BCUT2D eigenvalue weighted by atomic mass is 9.97. The molecule has 0 fully saturated rings. The zero-order chi connectivity index (χ0) is 51.5. The minimum Gasteiger partial charge on any atom is -0.493 e. The zero-order valence-corrected chi connectivity index (χ0v) is 43.3. The second-order valence-corrected chi connectivity index (χ2v) is 20.7. The maximum absolute atomic E-state index is 12.2. The van der Waals surface area contributed by atoms with E-state index in [1.807, 2.05) is 119 Å². The van der Waals surface area contributed by atoms with Crippen molar-refractivity contribution in [2.45, 2.75) is 131 Å². The molecular weight excluding hydrogens is 897 g/mol. The standard InChI is InChI=1S/C54H76N4O12/c1-51(2,3)67-47(59)55-21-13-25-63-43-31-41(32-44(35-43)64-26-14-22-56-48(60)68-52(4,5)6)38-19-17-37-18-20-39(30-40(37)29-38)42-33-45(65-27-15-23-57-49(61)69-53(7,8)9)36-46(34-42)66-28-16-24-58-50(62)70-54(10,11)12/h17-20,29-36H,13-16,21-28H2,1-12H3,(H,55,59)(H,56,60)(H,57,61)(H,58,62). The van der Waals surface area contributed by atoms with Gasteiger partial charge in [0.1, 0.15) is 45.4 Å². The van der Waals surface area contributed by atoms with E-state index >= 15 is 0 Å². The highest BCUT2D eigenvalue weighted by Gasteiger charge is 2.19. The molecule has 0 atom stereocenters. The molecule has 0 saturated carbocycles. The van der Waals surface area contributed by atoms with Gasteiger partial charge in [-0.15, -0.1) is 0 Å². The second kappa shape index (κ2) is 25.9. The number of carbonyl (C=O) groups excluding carboxylic acids is 4. The van der Waals surface area contributed by atoms with Gasteiger partial charge in [0, 0.05) is 38.3 Å². The van der Waals surface area contributed by atoms with E-state index in [0.29, 0.717) is 101 Å². The fourth-order valence-corrected chi connectivity index (χ4v) is 6.48. The summed E-state index contributed by atoms with van der Waals surface area (Å²) in [7, 11) is 0. The Morgan fingerprint density at radius 1 is 0.343 bits per heavy atom. The van der Waals surface area contributed by atoms with Crippen molar-refractivity contribution in [2.75, 3.05) is 52.6 Å². The van der Waals surface area contributed by atoms with Crippen LogP contribution in [0.4, 0.5) is 19.2 Å². The van der Waals surface area contributed by atoms with Crippen molar-refractivity contribution in [2.24, 2.45) is 0 Å². The molecular formula is C54H76N4O12. The number of fused-ring (bicyclic) bond motifs is 1. The van der Waals surface area contributed by atoms with Gasteiger partial charge in [0.05, 0.1) is 26.4 Å². The summed E-state index contributed by atoms with van der Waals surface area (Å²) in [5.41, 5.74) is 1.22. The molecule has 0 bridgehead atoms. The third kappa shape index (κ3) is 22.7. The Kier molecular flexibility index (Phi) is 20.7. The van der Waals surface area contributed by atoms with Crippen molar-refractivity contribution in [3.63, 3.8) is 0 Å². The third-order valence-corrected chi connectivity index (χ3v) is 9.30. The predicted molar refractivity (Wildman–Crippen MR) is 272 cm³/mol. The van der Waals surface area contributed by atoms with Crippen molar-refractivity contribution in [1.82, 2.24) is 21.3 Å². The SMILES string of the molecule is CC(C)(C)OC(=O)NCCCOc1cc(OCCCNC(=O)OC(C)(C)C)cc(-c2ccc3ccc(-c4cc(OCCCNC(=O)OC(C)(C)C)cc(OCCCNC(=O)OC(C)(C)C)c4)cc3c2)c1. The van der Waals surface area contributed by atoms with Crippen LogP contribution in [0.1, 0.15) is 109 Å². The van der Waals surface area contributed by atoms with Gasteiger partial charge in [0.25, 0.3) is 0 Å². The first-order valence-electron chi connectivity index (χ1n) is 24.0. The molecule has 0 aliphatic heterocycles. The van der Waals surface area contributed by atoms with Crippen LogP contribution in [0.5, 0.6) is 23.0 Å². The molecule has 0 radical (unpaired) electrons. The van der Waals surface area contributed by atoms with Gasteiger partial charge in [0.2, 0.25) is 0 Å². The Morgan fingerprint density at radius 2 is 0.600 bits per heavy atom. The number of benzene rings is 4. The number of carbonyl (C=O) groups is 4. The van der Waals surface area contributed by atoms with E-state index in [1.165, 1.54) is 0 Å². The van der Waals surface area contributed by atoms with Crippen molar-refractivity contribution < 1.29 is 57.1 Å². The molecule has 0 aliphatic carbocycles. The van der Waals surface area contributed by atoms with Crippen LogP contribution in [-0.2, 0) is 18.9 Å². The van der Waals surface area contributed by atoms with Crippen molar-refractivity contribution in [3.05, 3.63) is 72.8 Å². The number of ether oxygens (including phenoxy) is 8. The number of rotatable bonds is 22. The summed E-state index contributed by atoms with van der Waals surface area (Å²) in [5, 5.41) is 13.1. The topological polar surface area (TPSA) is 190 Å². The molecule has 16 nitrogen and oxygen atoms in total. The fourth-order valence-electron chi connectivity index (χ4n) is 6.48. The molecule has 4 amide bonds. The van der Waals surface area contributed by atoms with Crippen molar-refractivity contribution in [3.8, 4) is 45.3 Å². The first kappa shape index (κ1) is 56.0. The predicted octanol–water partition coefficient (Wildman–Crippen LogP) is 11.3. The smallest absolute Gasteiger partial charge is 0.407 e. The second-order valence-electron chi connectivity index (χ2n) is 20.7. The van der Waals surface area contributed by atoms with Crippen LogP contribution in [0, 0.1) is 0 Å². The van der Waals surface area contributed by atoms with Crippen LogP contribution in [0.15, 0.2) is 72.8 Å². The highest BCUT2D eigenvalue weighted by atomic mass is 16.6. The molecule has 384 valence electrons. The normalized spacial score (nSPS) is 11.8. The maximum Gasteiger partial charge on any atom is 0.407 e.